The highest BCUT2D eigenvalue weighted by Crippen LogP contribution is 2.20. The highest BCUT2D eigenvalue weighted by molar-refractivity contribution is 5.94. The quantitative estimate of drug-likeness (QED) is 0.704. The lowest BCUT2D eigenvalue weighted by molar-refractivity contribution is 0.0905. The van der Waals surface area contributed by atoms with E-state index >= 15 is 0 Å². The minimum Gasteiger partial charge on any atom is -0.490 e. The first-order chi connectivity index (χ1) is 14.1. The van der Waals surface area contributed by atoms with Crippen LogP contribution in [-0.2, 0) is 11.2 Å². The summed E-state index contributed by atoms with van der Waals surface area (Å²) in [5.74, 6) is 0.738. The zero-order chi connectivity index (χ0) is 20.5. The fourth-order valence-corrected chi connectivity index (χ4v) is 3.66. The van der Waals surface area contributed by atoms with Gasteiger partial charge in [0.05, 0.1) is 6.61 Å². The van der Waals surface area contributed by atoms with Gasteiger partial charge < -0.3 is 19.7 Å². The fraction of sp³-hybridized carbons (Fsp3) is 0.458. The van der Waals surface area contributed by atoms with Crippen molar-refractivity contribution in [3.63, 3.8) is 0 Å². The second-order valence-corrected chi connectivity index (χ2v) is 7.75. The van der Waals surface area contributed by atoms with Crippen molar-refractivity contribution in [2.45, 2.75) is 38.3 Å². The van der Waals surface area contributed by atoms with Crippen LogP contribution < -0.4 is 10.1 Å². The Bertz CT molecular complexity index is 740. The monoisotopic (exact) mass is 396 g/mol. The number of nitrogens with one attached hydrogen (secondary N) is 1. The highest BCUT2D eigenvalue weighted by Gasteiger charge is 2.20. The number of piperidine rings is 1. The highest BCUT2D eigenvalue weighted by atomic mass is 16.5. The van der Waals surface area contributed by atoms with Crippen LogP contribution in [0.4, 0.5) is 0 Å². The lowest BCUT2D eigenvalue weighted by Gasteiger charge is -2.32. The number of benzene rings is 2. The molecule has 0 spiro atoms. The molecule has 1 fully saturated rings. The second kappa shape index (κ2) is 11.0. The van der Waals surface area contributed by atoms with Crippen LogP contribution in [0.25, 0.3) is 0 Å². The summed E-state index contributed by atoms with van der Waals surface area (Å²) in [7, 11) is 1.63. The van der Waals surface area contributed by atoms with Crippen molar-refractivity contribution in [3.05, 3.63) is 65.7 Å². The Kier molecular flexibility index (Phi) is 8.08. The van der Waals surface area contributed by atoms with E-state index in [0.29, 0.717) is 12.2 Å². The van der Waals surface area contributed by atoms with Gasteiger partial charge in [-0.3, -0.25) is 4.79 Å². The average molecular weight is 397 g/mol. The molecule has 0 saturated carbocycles. The van der Waals surface area contributed by atoms with Crippen molar-refractivity contribution in [1.82, 2.24) is 10.2 Å². The Labute approximate surface area is 174 Å². The number of ether oxygens (including phenoxy) is 2. The molecular formula is C24H32N2O3. The van der Waals surface area contributed by atoms with Crippen LogP contribution in [0.5, 0.6) is 5.75 Å². The first-order valence-electron chi connectivity index (χ1n) is 10.5. The maximum absolute atomic E-state index is 12.2. The van der Waals surface area contributed by atoms with E-state index in [4.69, 9.17) is 9.47 Å². The fourth-order valence-electron chi connectivity index (χ4n) is 3.66. The standard InChI is InChI=1S/C24H32N2O3/c1-19(18-28-2)25-24(27)21-8-10-22(11-9-21)29-23-13-16-26(17-14-23)15-12-20-6-4-3-5-7-20/h3-11,19,23H,12-18H2,1-2H3,(H,25,27)/t19-/m0/s1. The predicted molar refractivity (Wildman–Crippen MR) is 115 cm³/mol. The van der Waals surface area contributed by atoms with E-state index < -0.39 is 0 Å². The molecular weight excluding hydrogens is 364 g/mol. The van der Waals surface area contributed by atoms with Crippen molar-refractivity contribution < 1.29 is 14.3 Å². The van der Waals surface area contributed by atoms with E-state index in [1.54, 1.807) is 7.11 Å². The van der Waals surface area contributed by atoms with Crippen molar-refractivity contribution in [1.29, 1.82) is 0 Å². The van der Waals surface area contributed by atoms with Crippen molar-refractivity contribution in [2.24, 2.45) is 0 Å². The molecule has 1 amide bonds. The number of likely N-dealkylation sites (tertiary alicyclic amines) is 1. The van der Waals surface area contributed by atoms with Gasteiger partial charge in [0, 0.05) is 38.3 Å². The molecule has 156 valence electrons. The molecule has 0 aromatic heterocycles. The summed E-state index contributed by atoms with van der Waals surface area (Å²) in [6.07, 6.45) is 3.40. The Hall–Kier alpha value is -2.37. The molecule has 1 aliphatic heterocycles. The van der Waals surface area contributed by atoms with Crippen LogP contribution in [0, 0.1) is 0 Å². The number of hydrogen-bond donors (Lipinski definition) is 1. The minimum absolute atomic E-state index is 0.0181. The Morgan fingerprint density at radius 1 is 1.10 bits per heavy atom. The van der Waals surface area contributed by atoms with Crippen LogP contribution in [0.1, 0.15) is 35.7 Å². The number of carbonyl (C=O) groups is 1. The van der Waals surface area contributed by atoms with Gasteiger partial charge in [-0.25, -0.2) is 0 Å². The molecule has 5 nitrogen and oxygen atoms in total. The number of carbonyl (C=O) groups excluding carboxylic acids is 1. The summed E-state index contributed by atoms with van der Waals surface area (Å²) in [5, 5.41) is 2.92. The molecule has 1 saturated heterocycles. The normalized spacial score (nSPS) is 16.3. The van der Waals surface area contributed by atoms with Gasteiger partial charge in [-0.05, 0) is 56.0 Å². The van der Waals surface area contributed by atoms with Gasteiger partial charge in [0.1, 0.15) is 11.9 Å². The molecule has 5 heteroatoms. The van der Waals surface area contributed by atoms with Gasteiger partial charge >= 0.3 is 0 Å². The topological polar surface area (TPSA) is 50.8 Å². The Morgan fingerprint density at radius 2 is 1.79 bits per heavy atom. The third-order valence-corrected chi connectivity index (χ3v) is 5.31. The van der Waals surface area contributed by atoms with Gasteiger partial charge in [-0.1, -0.05) is 30.3 Å². The third-order valence-electron chi connectivity index (χ3n) is 5.31. The van der Waals surface area contributed by atoms with Gasteiger partial charge in [-0.2, -0.15) is 0 Å². The molecule has 0 bridgehead atoms. The molecule has 0 aliphatic carbocycles. The molecule has 2 aromatic carbocycles. The smallest absolute Gasteiger partial charge is 0.251 e. The van der Waals surface area contributed by atoms with Crippen LogP contribution in [0.2, 0.25) is 0 Å². The minimum atomic E-state index is -0.0900. The van der Waals surface area contributed by atoms with Gasteiger partial charge in [0.2, 0.25) is 0 Å². The number of hydrogen-bond acceptors (Lipinski definition) is 4. The first-order valence-corrected chi connectivity index (χ1v) is 10.5. The van der Waals surface area contributed by atoms with Gasteiger partial charge in [0.25, 0.3) is 5.91 Å². The van der Waals surface area contributed by atoms with Crippen molar-refractivity contribution in [3.8, 4) is 5.75 Å². The summed E-state index contributed by atoms with van der Waals surface area (Å²) >= 11 is 0. The largest absolute Gasteiger partial charge is 0.490 e. The molecule has 3 rings (SSSR count). The van der Waals surface area contributed by atoms with Crippen LogP contribution in [0.15, 0.2) is 54.6 Å². The molecule has 1 aliphatic rings. The van der Waals surface area contributed by atoms with E-state index in [0.717, 1.165) is 44.6 Å². The Balaban J connectivity index is 1.40. The maximum Gasteiger partial charge on any atom is 0.251 e. The van der Waals surface area contributed by atoms with Crippen LogP contribution in [-0.4, -0.2) is 56.3 Å². The molecule has 1 heterocycles. The SMILES string of the molecule is COC[C@H](C)NC(=O)c1ccc(OC2CCN(CCc3ccccc3)CC2)cc1. The summed E-state index contributed by atoms with van der Waals surface area (Å²) in [4.78, 5) is 14.7. The van der Waals surface area contributed by atoms with E-state index in [-0.39, 0.29) is 18.1 Å². The van der Waals surface area contributed by atoms with Crippen molar-refractivity contribution in [2.75, 3.05) is 33.4 Å². The maximum atomic E-state index is 12.2. The summed E-state index contributed by atoms with van der Waals surface area (Å²) in [5.41, 5.74) is 2.03. The summed E-state index contributed by atoms with van der Waals surface area (Å²) in [6, 6.07) is 18.0. The molecule has 1 N–H and O–H groups in total. The lowest BCUT2D eigenvalue weighted by atomic mass is 10.1. The third kappa shape index (κ3) is 6.87. The van der Waals surface area contributed by atoms with E-state index in [1.165, 1.54) is 5.56 Å². The molecule has 1 atom stereocenters. The zero-order valence-electron chi connectivity index (χ0n) is 17.5. The van der Waals surface area contributed by atoms with Gasteiger partial charge in [-0.15, -0.1) is 0 Å². The van der Waals surface area contributed by atoms with Crippen LogP contribution in [0.3, 0.4) is 0 Å². The Morgan fingerprint density at radius 3 is 2.45 bits per heavy atom. The number of amides is 1. The molecule has 0 radical (unpaired) electrons. The predicted octanol–water partition coefficient (Wildman–Crippen LogP) is 3.54. The number of nitrogens with zero attached hydrogens (tertiary/aromatic N) is 1. The first kappa shape index (κ1) is 21.3. The molecule has 2 aromatic rings. The zero-order valence-corrected chi connectivity index (χ0v) is 17.5. The molecule has 29 heavy (non-hydrogen) atoms. The summed E-state index contributed by atoms with van der Waals surface area (Å²) in [6.45, 7) is 5.65. The van der Waals surface area contributed by atoms with E-state index in [1.807, 2.05) is 31.2 Å². The van der Waals surface area contributed by atoms with E-state index in [2.05, 4.69) is 40.5 Å². The average Bonchev–Trinajstić information content (AvgIpc) is 2.74. The van der Waals surface area contributed by atoms with Gasteiger partial charge in [0.15, 0.2) is 0 Å². The van der Waals surface area contributed by atoms with E-state index in [9.17, 15) is 4.79 Å². The lowest BCUT2D eigenvalue weighted by Crippen LogP contribution is -2.39. The second-order valence-electron chi connectivity index (χ2n) is 7.75. The van der Waals surface area contributed by atoms with Crippen molar-refractivity contribution >= 4 is 5.91 Å². The number of methoxy groups -OCH3 is 1. The summed E-state index contributed by atoms with van der Waals surface area (Å²) < 4.78 is 11.2. The van der Waals surface area contributed by atoms with Crippen LogP contribution >= 0.6 is 0 Å². The molecule has 0 unspecified atom stereocenters. The number of rotatable bonds is 9.